The minimum absolute atomic E-state index is 0.887. The van der Waals surface area contributed by atoms with Crippen LogP contribution in [-0.2, 0) is 0 Å². The van der Waals surface area contributed by atoms with Gasteiger partial charge in [0.05, 0.1) is 0 Å². The normalized spacial score (nSPS) is 40.2. The molecular formula is C11H21N. The van der Waals surface area contributed by atoms with Gasteiger partial charge in [0.15, 0.2) is 0 Å². The van der Waals surface area contributed by atoms with Crippen molar-refractivity contribution < 1.29 is 0 Å². The third kappa shape index (κ3) is 1.52. The Labute approximate surface area is 75.9 Å². The number of nitrogens with one attached hydrogen (secondary N) is 1. The van der Waals surface area contributed by atoms with Gasteiger partial charge >= 0.3 is 0 Å². The van der Waals surface area contributed by atoms with E-state index in [-0.39, 0.29) is 0 Å². The van der Waals surface area contributed by atoms with Gasteiger partial charge in [-0.1, -0.05) is 26.2 Å². The van der Waals surface area contributed by atoms with E-state index >= 15 is 0 Å². The van der Waals surface area contributed by atoms with Gasteiger partial charge < -0.3 is 5.32 Å². The molecule has 1 N–H and O–H groups in total. The summed E-state index contributed by atoms with van der Waals surface area (Å²) < 4.78 is 0. The van der Waals surface area contributed by atoms with Gasteiger partial charge in [-0.15, -0.1) is 0 Å². The number of unbranched alkanes of at least 4 members (excludes halogenated alkanes) is 1. The van der Waals surface area contributed by atoms with Crippen molar-refractivity contribution in [2.24, 2.45) is 11.8 Å². The molecule has 2 rings (SSSR count). The average Bonchev–Trinajstić information content (AvgIpc) is 2.62. The van der Waals surface area contributed by atoms with Crippen LogP contribution in [-0.4, -0.2) is 12.6 Å². The fourth-order valence-electron chi connectivity index (χ4n) is 3.04. The molecule has 70 valence electrons. The molecule has 1 heteroatoms. The molecule has 12 heavy (non-hydrogen) atoms. The van der Waals surface area contributed by atoms with Crippen molar-refractivity contribution >= 4 is 0 Å². The van der Waals surface area contributed by atoms with Crippen LogP contribution in [0.25, 0.3) is 0 Å². The van der Waals surface area contributed by atoms with E-state index in [0.717, 1.165) is 17.9 Å². The predicted molar refractivity (Wildman–Crippen MR) is 52.1 cm³/mol. The van der Waals surface area contributed by atoms with Crippen molar-refractivity contribution in [3.63, 3.8) is 0 Å². The van der Waals surface area contributed by atoms with Gasteiger partial charge in [-0.2, -0.15) is 0 Å². The summed E-state index contributed by atoms with van der Waals surface area (Å²) in [5.74, 6) is 2.10. The fraction of sp³-hybridized carbons (Fsp3) is 1.00. The highest BCUT2D eigenvalue weighted by Gasteiger charge is 2.37. The van der Waals surface area contributed by atoms with Crippen LogP contribution in [0.5, 0.6) is 0 Å². The summed E-state index contributed by atoms with van der Waals surface area (Å²) in [6.45, 7) is 3.61. The highest BCUT2D eigenvalue weighted by molar-refractivity contribution is 4.93. The number of fused-ring (bicyclic) bond motifs is 1. The molecule has 1 saturated carbocycles. The summed E-state index contributed by atoms with van der Waals surface area (Å²) in [4.78, 5) is 0. The second-order valence-electron chi connectivity index (χ2n) is 4.51. The predicted octanol–water partition coefficient (Wildman–Crippen LogP) is 2.56. The molecule has 1 heterocycles. The SMILES string of the molecule is CCCCC1NCC2CCCC21. The standard InChI is InChI=1S/C11H21N/c1-2-3-7-11-10-6-4-5-9(10)8-12-11/h9-12H,2-8H2,1H3. The Bertz CT molecular complexity index is 144. The lowest BCUT2D eigenvalue weighted by Gasteiger charge is -2.17. The lowest BCUT2D eigenvalue weighted by molar-refractivity contribution is 0.385. The van der Waals surface area contributed by atoms with Gasteiger partial charge in [-0.05, 0) is 37.6 Å². The largest absolute Gasteiger partial charge is 0.313 e. The number of rotatable bonds is 3. The maximum atomic E-state index is 3.69. The fourth-order valence-corrected chi connectivity index (χ4v) is 3.04. The number of hydrogen-bond acceptors (Lipinski definition) is 1. The third-order valence-corrected chi connectivity index (χ3v) is 3.75. The summed E-state index contributed by atoms with van der Waals surface area (Å²) in [5.41, 5.74) is 0. The van der Waals surface area contributed by atoms with Crippen LogP contribution in [0.15, 0.2) is 0 Å². The highest BCUT2D eigenvalue weighted by atomic mass is 15.0. The third-order valence-electron chi connectivity index (χ3n) is 3.75. The van der Waals surface area contributed by atoms with Crippen LogP contribution >= 0.6 is 0 Å². The maximum Gasteiger partial charge on any atom is 0.00985 e. The van der Waals surface area contributed by atoms with Crippen molar-refractivity contribution in [2.75, 3.05) is 6.54 Å². The zero-order valence-electron chi connectivity index (χ0n) is 8.18. The average molecular weight is 167 g/mol. The smallest absolute Gasteiger partial charge is 0.00985 e. The molecule has 1 aliphatic heterocycles. The Morgan fingerprint density at radius 1 is 1.33 bits per heavy atom. The van der Waals surface area contributed by atoms with Crippen LogP contribution in [0.4, 0.5) is 0 Å². The summed E-state index contributed by atoms with van der Waals surface area (Å²) in [6.07, 6.45) is 8.71. The Morgan fingerprint density at radius 2 is 2.25 bits per heavy atom. The lowest BCUT2D eigenvalue weighted by Crippen LogP contribution is -2.26. The lowest BCUT2D eigenvalue weighted by atomic mass is 9.91. The molecule has 1 saturated heterocycles. The van der Waals surface area contributed by atoms with Crippen LogP contribution in [0.1, 0.15) is 45.4 Å². The molecule has 2 fully saturated rings. The minimum Gasteiger partial charge on any atom is -0.313 e. The van der Waals surface area contributed by atoms with E-state index in [2.05, 4.69) is 12.2 Å². The second kappa shape index (κ2) is 3.78. The van der Waals surface area contributed by atoms with Gasteiger partial charge in [0.1, 0.15) is 0 Å². The summed E-state index contributed by atoms with van der Waals surface area (Å²) in [7, 11) is 0. The molecule has 1 nitrogen and oxygen atoms in total. The first-order valence-corrected chi connectivity index (χ1v) is 5.65. The van der Waals surface area contributed by atoms with Crippen molar-refractivity contribution in [1.29, 1.82) is 0 Å². The first-order chi connectivity index (χ1) is 5.92. The van der Waals surface area contributed by atoms with Crippen LogP contribution < -0.4 is 5.32 Å². The van der Waals surface area contributed by atoms with E-state index in [1.807, 2.05) is 0 Å². The molecular weight excluding hydrogens is 146 g/mol. The molecule has 0 aromatic carbocycles. The Kier molecular flexibility index (Phi) is 2.69. The van der Waals surface area contributed by atoms with E-state index < -0.39 is 0 Å². The Morgan fingerprint density at radius 3 is 3.08 bits per heavy atom. The highest BCUT2D eigenvalue weighted by Crippen LogP contribution is 2.38. The zero-order chi connectivity index (χ0) is 8.39. The summed E-state index contributed by atoms with van der Waals surface area (Å²) in [5, 5.41) is 3.69. The summed E-state index contributed by atoms with van der Waals surface area (Å²) in [6, 6.07) is 0.887. The van der Waals surface area contributed by atoms with Crippen LogP contribution in [0, 0.1) is 11.8 Å². The van der Waals surface area contributed by atoms with Gasteiger partial charge in [0.25, 0.3) is 0 Å². The van der Waals surface area contributed by atoms with Crippen LogP contribution in [0.3, 0.4) is 0 Å². The molecule has 0 spiro atoms. The van der Waals surface area contributed by atoms with E-state index in [9.17, 15) is 0 Å². The van der Waals surface area contributed by atoms with E-state index in [4.69, 9.17) is 0 Å². The first-order valence-electron chi connectivity index (χ1n) is 5.65. The van der Waals surface area contributed by atoms with Crippen molar-refractivity contribution in [3.8, 4) is 0 Å². The molecule has 3 atom stereocenters. The molecule has 0 aromatic heterocycles. The van der Waals surface area contributed by atoms with E-state index in [1.54, 1.807) is 0 Å². The summed E-state index contributed by atoms with van der Waals surface area (Å²) >= 11 is 0. The zero-order valence-corrected chi connectivity index (χ0v) is 8.18. The quantitative estimate of drug-likeness (QED) is 0.681. The Balaban J connectivity index is 1.83. The Hall–Kier alpha value is -0.0400. The van der Waals surface area contributed by atoms with Crippen molar-refractivity contribution in [3.05, 3.63) is 0 Å². The molecule has 0 radical (unpaired) electrons. The van der Waals surface area contributed by atoms with Gasteiger partial charge in [-0.3, -0.25) is 0 Å². The van der Waals surface area contributed by atoms with E-state index in [0.29, 0.717) is 0 Å². The molecule has 0 amide bonds. The number of hydrogen-bond donors (Lipinski definition) is 1. The first kappa shape index (κ1) is 8.55. The second-order valence-corrected chi connectivity index (χ2v) is 4.51. The van der Waals surface area contributed by atoms with Gasteiger partial charge in [0.2, 0.25) is 0 Å². The molecule has 0 bridgehead atoms. The van der Waals surface area contributed by atoms with Crippen LogP contribution in [0.2, 0.25) is 0 Å². The van der Waals surface area contributed by atoms with Crippen molar-refractivity contribution in [1.82, 2.24) is 5.32 Å². The topological polar surface area (TPSA) is 12.0 Å². The van der Waals surface area contributed by atoms with Crippen molar-refractivity contribution in [2.45, 2.75) is 51.5 Å². The van der Waals surface area contributed by atoms with E-state index in [1.165, 1.54) is 45.1 Å². The minimum atomic E-state index is 0.887. The van der Waals surface area contributed by atoms with Gasteiger partial charge in [-0.25, -0.2) is 0 Å². The molecule has 0 aromatic rings. The molecule has 1 aliphatic carbocycles. The maximum absolute atomic E-state index is 3.69. The molecule has 2 aliphatic rings. The van der Waals surface area contributed by atoms with Gasteiger partial charge in [0, 0.05) is 6.04 Å². The molecule has 3 unspecified atom stereocenters. The monoisotopic (exact) mass is 167 g/mol.